The lowest BCUT2D eigenvalue weighted by Gasteiger charge is -2.26. The van der Waals surface area contributed by atoms with Crippen molar-refractivity contribution in [3.8, 4) is 0 Å². The lowest BCUT2D eigenvalue weighted by Crippen LogP contribution is -2.41. The number of rotatable bonds is 11. The van der Waals surface area contributed by atoms with Gasteiger partial charge in [-0.25, -0.2) is 0 Å². The van der Waals surface area contributed by atoms with E-state index in [4.69, 9.17) is 4.74 Å². The number of carbonyl (C=O) groups is 2. The largest absolute Gasteiger partial charge is 0.379 e. The van der Waals surface area contributed by atoms with Gasteiger partial charge in [-0.15, -0.1) is 11.8 Å². The molecule has 1 aromatic heterocycles. The minimum absolute atomic E-state index is 0.0616. The van der Waals surface area contributed by atoms with Gasteiger partial charge in [-0.1, -0.05) is 87.5 Å². The van der Waals surface area contributed by atoms with Crippen LogP contribution in [0.3, 0.4) is 0 Å². The Labute approximate surface area is 287 Å². The second kappa shape index (κ2) is 15.2. The van der Waals surface area contributed by atoms with Gasteiger partial charge in [0.05, 0.1) is 18.8 Å². The summed E-state index contributed by atoms with van der Waals surface area (Å²) >= 11 is 1.65. The normalized spacial score (nSPS) is 13.8. The van der Waals surface area contributed by atoms with Crippen LogP contribution in [0.15, 0.2) is 108 Å². The number of ether oxygens (including phenoxy) is 1. The molecule has 1 aliphatic rings. The first-order valence-corrected chi connectivity index (χ1v) is 17.6. The van der Waals surface area contributed by atoms with Crippen molar-refractivity contribution >= 4 is 40.2 Å². The summed E-state index contributed by atoms with van der Waals surface area (Å²) in [4.78, 5) is 30.4. The molecule has 1 saturated heterocycles. The number of aromatic nitrogens is 1. The molecule has 2 amide bonds. The van der Waals surface area contributed by atoms with E-state index in [2.05, 4.69) is 77.3 Å². The molecule has 0 bridgehead atoms. The van der Waals surface area contributed by atoms with Gasteiger partial charge in [0.15, 0.2) is 0 Å². The first-order valence-electron chi connectivity index (χ1n) is 16.6. The van der Waals surface area contributed by atoms with Crippen molar-refractivity contribution in [1.29, 1.82) is 0 Å². The van der Waals surface area contributed by atoms with E-state index >= 15 is 0 Å². The summed E-state index contributed by atoms with van der Waals surface area (Å²) in [6, 6.07) is 34.4. The molecule has 248 valence electrons. The van der Waals surface area contributed by atoms with Gasteiger partial charge in [-0.2, -0.15) is 0 Å². The number of nitrogens with one attached hydrogen (secondary N) is 2. The summed E-state index contributed by atoms with van der Waals surface area (Å²) in [7, 11) is 0. The van der Waals surface area contributed by atoms with Crippen LogP contribution in [-0.4, -0.2) is 60.7 Å². The molecule has 4 aromatic carbocycles. The van der Waals surface area contributed by atoms with Gasteiger partial charge in [-0.3, -0.25) is 14.5 Å². The molecule has 7 nitrogen and oxygen atoms in total. The van der Waals surface area contributed by atoms with Crippen LogP contribution in [-0.2, 0) is 22.4 Å². The molecule has 0 radical (unpaired) electrons. The monoisotopic (exact) mass is 660 g/mol. The molecule has 0 atom stereocenters. The number of carbonyl (C=O) groups excluding carboxylic acids is 2. The van der Waals surface area contributed by atoms with Crippen molar-refractivity contribution in [2.75, 3.05) is 44.7 Å². The Morgan fingerprint density at radius 3 is 2.29 bits per heavy atom. The molecular weight excluding hydrogens is 617 g/mol. The molecule has 8 heteroatoms. The number of thioether (sulfide) groups is 1. The van der Waals surface area contributed by atoms with Crippen LogP contribution in [0.25, 0.3) is 10.9 Å². The second-order valence-corrected chi connectivity index (χ2v) is 14.3. The van der Waals surface area contributed by atoms with Crippen LogP contribution < -0.4 is 10.6 Å². The summed E-state index contributed by atoms with van der Waals surface area (Å²) < 4.78 is 7.54. The summed E-state index contributed by atoms with van der Waals surface area (Å²) in [5.41, 5.74) is 6.50. The average molecular weight is 661 g/mol. The zero-order valence-electron chi connectivity index (χ0n) is 28.0. The summed E-state index contributed by atoms with van der Waals surface area (Å²) in [5.74, 6) is 0.506. The number of hydrogen-bond acceptors (Lipinski definition) is 5. The molecule has 2 N–H and O–H groups in total. The van der Waals surface area contributed by atoms with Crippen molar-refractivity contribution in [2.45, 2.75) is 43.4 Å². The minimum atomic E-state index is -0.162. The molecule has 5 aromatic rings. The maximum atomic E-state index is 13.7. The predicted molar refractivity (Wildman–Crippen MR) is 196 cm³/mol. The van der Waals surface area contributed by atoms with Gasteiger partial charge in [0.2, 0.25) is 0 Å². The number of nitrogens with zero attached hydrogens (tertiary/aromatic N) is 2. The Bertz CT molecular complexity index is 1860. The van der Waals surface area contributed by atoms with E-state index in [1.165, 1.54) is 11.1 Å². The van der Waals surface area contributed by atoms with Gasteiger partial charge in [0.25, 0.3) is 11.8 Å². The second-order valence-electron chi connectivity index (χ2n) is 13.3. The SMILES string of the molecule is CC(C)(C)c1ccc(Cn2c(C(=O)NCCN3CCOCC3)cc3cc(NC(=O)c4ccccc4SCc4ccccc4)ccc32)cc1. The number of benzene rings is 4. The van der Waals surface area contributed by atoms with E-state index < -0.39 is 0 Å². The zero-order chi connectivity index (χ0) is 33.5. The summed E-state index contributed by atoms with van der Waals surface area (Å²) in [6.07, 6.45) is 0. The van der Waals surface area contributed by atoms with E-state index in [-0.39, 0.29) is 17.2 Å². The predicted octanol–water partition coefficient (Wildman–Crippen LogP) is 7.59. The number of hydrogen-bond donors (Lipinski definition) is 2. The van der Waals surface area contributed by atoms with Crippen LogP contribution in [0.5, 0.6) is 0 Å². The van der Waals surface area contributed by atoms with Crippen molar-refractivity contribution in [3.63, 3.8) is 0 Å². The van der Waals surface area contributed by atoms with E-state index in [0.29, 0.717) is 30.0 Å². The van der Waals surface area contributed by atoms with Crippen molar-refractivity contribution < 1.29 is 14.3 Å². The molecule has 1 aliphatic heterocycles. The molecular formula is C40H44N4O3S. The Morgan fingerprint density at radius 1 is 0.812 bits per heavy atom. The van der Waals surface area contributed by atoms with E-state index in [0.717, 1.165) is 60.0 Å². The fourth-order valence-corrected chi connectivity index (χ4v) is 6.96. The molecule has 0 unspecified atom stereocenters. The Morgan fingerprint density at radius 2 is 1.54 bits per heavy atom. The minimum Gasteiger partial charge on any atom is -0.379 e. The summed E-state index contributed by atoms with van der Waals surface area (Å²) in [5, 5.41) is 7.15. The van der Waals surface area contributed by atoms with Gasteiger partial charge >= 0.3 is 0 Å². The van der Waals surface area contributed by atoms with Crippen molar-refractivity contribution in [2.24, 2.45) is 0 Å². The quantitative estimate of drug-likeness (QED) is 0.143. The first-order chi connectivity index (χ1) is 23.2. The third kappa shape index (κ3) is 8.37. The highest BCUT2D eigenvalue weighted by Gasteiger charge is 2.19. The Hall–Kier alpha value is -4.37. The van der Waals surface area contributed by atoms with Crippen LogP contribution in [0.1, 0.15) is 58.3 Å². The fraction of sp³-hybridized carbons (Fsp3) is 0.300. The lowest BCUT2D eigenvalue weighted by atomic mass is 9.87. The highest BCUT2D eigenvalue weighted by atomic mass is 32.2. The number of morpholine rings is 1. The smallest absolute Gasteiger partial charge is 0.267 e. The molecule has 0 aliphatic carbocycles. The highest BCUT2D eigenvalue weighted by Crippen LogP contribution is 2.29. The Balaban J connectivity index is 1.23. The summed E-state index contributed by atoms with van der Waals surface area (Å²) in [6.45, 7) is 11.7. The maximum absolute atomic E-state index is 13.7. The zero-order valence-corrected chi connectivity index (χ0v) is 28.8. The van der Waals surface area contributed by atoms with Gasteiger partial charge < -0.3 is 19.9 Å². The first kappa shape index (κ1) is 33.5. The third-order valence-electron chi connectivity index (χ3n) is 8.74. The van der Waals surface area contributed by atoms with Crippen molar-refractivity contribution in [3.05, 3.63) is 131 Å². The maximum Gasteiger partial charge on any atom is 0.267 e. The van der Waals surface area contributed by atoms with Crippen molar-refractivity contribution in [1.82, 2.24) is 14.8 Å². The average Bonchev–Trinajstić information content (AvgIpc) is 3.45. The van der Waals surface area contributed by atoms with Gasteiger partial charge in [0, 0.05) is 60.0 Å². The van der Waals surface area contributed by atoms with E-state index in [9.17, 15) is 9.59 Å². The Kier molecular flexibility index (Phi) is 10.6. The highest BCUT2D eigenvalue weighted by molar-refractivity contribution is 7.98. The van der Waals surface area contributed by atoms with Gasteiger partial charge in [0.1, 0.15) is 5.69 Å². The molecule has 1 fully saturated rings. The van der Waals surface area contributed by atoms with Crippen LogP contribution in [0, 0.1) is 0 Å². The molecule has 2 heterocycles. The topological polar surface area (TPSA) is 75.6 Å². The fourth-order valence-electron chi connectivity index (χ4n) is 5.96. The van der Waals surface area contributed by atoms with Crippen LogP contribution in [0.2, 0.25) is 0 Å². The standard InChI is InChI=1S/C40H44N4O3S/c1-40(2,3)32-15-13-29(14-16-32)27-44-35-18-17-33(25-31(35)26-36(44)39(46)41-19-20-43-21-23-47-24-22-43)42-38(45)34-11-7-8-12-37(34)48-28-30-9-5-4-6-10-30/h4-18,25-26H,19-24,27-28H2,1-3H3,(H,41,46)(H,42,45). The van der Waals surface area contributed by atoms with Crippen LogP contribution >= 0.6 is 11.8 Å². The lowest BCUT2D eigenvalue weighted by molar-refractivity contribution is 0.0383. The van der Waals surface area contributed by atoms with E-state index in [1.54, 1.807) is 11.8 Å². The number of anilines is 1. The van der Waals surface area contributed by atoms with E-state index in [1.807, 2.05) is 66.7 Å². The molecule has 0 spiro atoms. The third-order valence-corrected chi connectivity index (χ3v) is 9.88. The van der Waals surface area contributed by atoms with Crippen LogP contribution in [0.4, 0.5) is 5.69 Å². The van der Waals surface area contributed by atoms with Gasteiger partial charge in [-0.05, 0) is 58.5 Å². The molecule has 48 heavy (non-hydrogen) atoms. The number of amides is 2. The molecule has 0 saturated carbocycles. The molecule has 6 rings (SSSR count). The number of fused-ring (bicyclic) bond motifs is 1.